The van der Waals surface area contributed by atoms with Crippen LogP contribution in [-0.2, 0) is 9.53 Å². The number of carbonyl (C=O) groups excluding carboxylic acids is 1. The van der Waals surface area contributed by atoms with Crippen LogP contribution < -0.4 is 0 Å². The zero-order valence-electron chi connectivity index (χ0n) is 5.97. The highest BCUT2D eigenvalue weighted by atomic mass is 35.5. The summed E-state index contributed by atoms with van der Waals surface area (Å²) >= 11 is 4.96. The molecule has 0 aliphatic rings. The van der Waals surface area contributed by atoms with E-state index in [0.29, 0.717) is 0 Å². The number of alkyl halides is 2. The van der Waals surface area contributed by atoms with E-state index in [-0.39, 0.29) is 0 Å². The second kappa shape index (κ2) is 4.67. The van der Waals surface area contributed by atoms with Crippen molar-refractivity contribution in [2.45, 2.75) is 6.43 Å². The largest absolute Gasteiger partial charge is 0.465 e. The zero-order valence-corrected chi connectivity index (χ0v) is 6.73. The number of carbonyl (C=O) groups is 1. The van der Waals surface area contributed by atoms with Gasteiger partial charge >= 0.3 is 5.97 Å². The summed E-state index contributed by atoms with van der Waals surface area (Å²) in [7, 11) is 0.968. The minimum Gasteiger partial charge on any atom is -0.465 e. The first-order valence-corrected chi connectivity index (χ1v) is 3.08. The Bertz CT molecular complexity index is 257. The van der Waals surface area contributed by atoms with E-state index in [9.17, 15) is 13.6 Å². The quantitative estimate of drug-likeness (QED) is 0.381. The Kier molecular flexibility index (Phi) is 4.22. The van der Waals surface area contributed by atoms with Gasteiger partial charge in [0.25, 0.3) is 6.43 Å². The van der Waals surface area contributed by atoms with Crippen molar-refractivity contribution in [2.24, 2.45) is 0 Å². The van der Waals surface area contributed by atoms with E-state index >= 15 is 0 Å². The van der Waals surface area contributed by atoms with Crippen LogP contribution in [0.15, 0.2) is 10.6 Å². The van der Waals surface area contributed by atoms with Gasteiger partial charge in [0.05, 0.1) is 7.11 Å². The molecule has 0 aliphatic heterocycles. The number of allylic oxidation sites excluding steroid dienone is 1. The summed E-state index contributed by atoms with van der Waals surface area (Å²) in [6.07, 6.45) is -3.04. The van der Waals surface area contributed by atoms with Gasteiger partial charge in [-0.15, -0.1) is 0 Å². The van der Waals surface area contributed by atoms with E-state index in [1.54, 1.807) is 0 Å². The Morgan fingerprint density at radius 2 is 2.17 bits per heavy atom. The van der Waals surface area contributed by atoms with Crippen LogP contribution in [0, 0.1) is 11.3 Å². The van der Waals surface area contributed by atoms with Gasteiger partial charge in [0.1, 0.15) is 11.1 Å². The van der Waals surface area contributed by atoms with Crippen LogP contribution in [0.3, 0.4) is 0 Å². The van der Waals surface area contributed by atoms with Gasteiger partial charge in [-0.1, -0.05) is 11.6 Å². The Hall–Kier alpha value is -1.15. The normalized spacial score (nSPS) is 12.0. The number of hydrogen-bond donors (Lipinski definition) is 0. The number of nitriles is 1. The van der Waals surface area contributed by atoms with E-state index in [1.165, 1.54) is 6.07 Å². The maximum absolute atomic E-state index is 11.8. The summed E-state index contributed by atoms with van der Waals surface area (Å²) in [6, 6.07) is 1.23. The second-order valence-corrected chi connectivity index (χ2v) is 2.03. The number of ether oxygens (including phenoxy) is 1. The number of hydrogen-bond acceptors (Lipinski definition) is 3. The average Bonchev–Trinajstić information content (AvgIpc) is 2.05. The molecule has 0 saturated heterocycles. The lowest BCUT2D eigenvalue weighted by Crippen LogP contribution is -2.07. The van der Waals surface area contributed by atoms with Crippen molar-refractivity contribution in [2.75, 3.05) is 7.11 Å². The second-order valence-electron chi connectivity index (χ2n) is 1.63. The molecule has 66 valence electrons. The third kappa shape index (κ3) is 2.47. The van der Waals surface area contributed by atoms with Gasteiger partial charge in [-0.05, 0) is 0 Å². The zero-order chi connectivity index (χ0) is 9.72. The van der Waals surface area contributed by atoms with E-state index in [0.717, 1.165) is 7.11 Å². The van der Waals surface area contributed by atoms with Crippen LogP contribution in [0.25, 0.3) is 0 Å². The fourth-order valence-corrected chi connectivity index (χ4v) is 0.527. The molecule has 0 aromatic heterocycles. The Labute approximate surface area is 72.2 Å². The van der Waals surface area contributed by atoms with Crippen LogP contribution in [0.5, 0.6) is 0 Å². The highest BCUT2D eigenvalue weighted by molar-refractivity contribution is 6.32. The number of nitrogens with zero attached hydrogens (tertiary/aromatic N) is 1. The van der Waals surface area contributed by atoms with Crippen molar-refractivity contribution in [3.8, 4) is 6.07 Å². The van der Waals surface area contributed by atoms with Crippen molar-refractivity contribution in [1.82, 2.24) is 0 Å². The van der Waals surface area contributed by atoms with Gasteiger partial charge in [0.2, 0.25) is 0 Å². The van der Waals surface area contributed by atoms with Crippen molar-refractivity contribution in [1.29, 1.82) is 5.26 Å². The van der Waals surface area contributed by atoms with Gasteiger partial charge in [-0.25, -0.2) is 13.6 Å². The van der Waals surface area contributed by atoms with Crippen LogP contribution in [0.4, 0.5) is 8.78 Å². The molecule has 12 heavy (non-hydrogen) atoms. The Balaban J connectivity index is 4.90. The number of esters is 1. The minimum absolute atomic E-state index is 0.867. The molecule has 0 atom stereocenters. The van der Waals surface area contributed by atoms with Crippen LogP contribution in [0.1, 0.15) is 0 Å². The summed E-state index contributed by atoms with van der Waals surface area (Å²) in [5, 5.41) is 7.13. The predicted molar refractivity (Wildman–Crippen MR) is 36.5 cm³/mol. The third-order valence-corrected chi connectivity index (χ3v) is 1.29. The van der Waals surface area contributed by atoms with Crippen LogP contribution in [-0.4, -0.2) is 19.5 Å². The van der Waals surface area contributed by atoms with Crippen molar-refractivity contribution in [3.05, 3.63) is 10.6 Å². The van der Waals surface area contributed by atoms with Crippen LogP contribution >= 0.6 is 11.6 Å². The molecule has 0 rings (SSSR count). The summed E-state index contributed by atoms with van der Waals surface area (Å²) in [5.74, 6) is -1.16. The molecule has 0 saturated carbocycles. The molecular weight excluding hydrogens is 192 g/mol. The standard InChI is InChI=1S/C6H4ClF2NO2/c1-12-6(11)3(2-10)4(7)5(8)9/h5H,1H3/b4-3-. The van der Waals surface area contributed by atoms with Crippen molar-refractivity contribution >= 4 is 17.6 Å². The van der Waals surface area contributed by atoms with Crippen molar-refractivity contribution in [3.63, 3.8) is 0 Å². The van der Waals surface area contributed by atoms with E-state index in [2.05, 4.69) is 4.74 Å². The first-order valence-electron chi connectivity index (χ1n) is 2.70. The van der Waals surface area contributed by atoms with Gasteiger partial charge in [0, 0.05) is 0 Å². The van der Waals surface area contributed by atoms with Gasteiger partial charge in [0.15, 0.2) is 5.57 Å². The molecule has 0 N–H and O–H groups in total. The molecule has 0 fully saturated rings. The highest BCUT2D eigenvalue weighted by Gasteiger charge is 2.20. The smallest absolute Gasteiger partial charge is 0.350 e. The van der Waals surface area contributed by atoms with E-state index in [1.807, 2.05) is 0 Å². The fraction of sp³-hybridized carbons (Fsp3) is 0.333. The molecule has 6 heteroatoms. The minimum atomic E-state index is -3.04. The highest BCUT2D eigenvalue weighted by Crippen LogP contribution is 2.18. The molecule has 0 unspecified atom stereocenters. The molecule has 0 spiro atoms. The van der Waals surface area contributed by atoms with Gasteiger partial charge in [-0.2, -0.15) is 5.26 Å². The molecular formula is C6H4ClF2NO2. The Morgan fingerprint density at radius 3 is 2.42 bits per heavy atom. The molecule has 0 aromatic carbocycles. The SMILES string of the molecule is COC(=O)/C(C#N)=C(\Cl)C(F)F. The lowest BCUT2D eigenvalue weighted by Gasteiger charge is -1.99. The van der Waals surface area contributed by atoms with E-state index in [4.69, 9.17) is 16.9 Å². The predicted octanol–water partition coefficient (Wildman–Crippen LogP) is 1.44. The first kappa shape index (κ1) is 10.8. The first-order chi connectivity index (χ1) is 5.54. The molecule has 0 aliphatic carbocycles. The average molecular weight is 196 g/mol. The molecule has 3 nitrogen and oxygen atoms in total. The fourth-order valence-electron chi connectivity index (χ4n) is 0.408. The van der Waals surface area contributed by atoms with Crippen LogP contribution in [0.2, 0.25) is 0 Å². The lowest BCUT2D eigenvalue weighted by molar-refractivity contribution is -0.135. The Morgan fingerprint density at radius 1 is 1.67 bits per heavy atom. The molecule has 0 aromatic rings. The number of rotatable bonds is 2. The maximum Gasteiger partial charge on any atom is 0.350 e. The maximum atomic E-state index is 11.8. The number of methoxy groups -OCH3 is 1. The summed E-state index contributed by atoms with van der Waals surface area (Å²) in [6.45, 7) is 0. The monoisotopic (exact) mass is 195 g/mol. The summed E-state index contributed by atoms with van der Waals surface area (Å²) in [5.41, 5.74) is -0.867. The summed E-state index contributed by atoms with van der Waals surface area (Å²) in [4.78, 5) is 10.6. The summed E-state index contributed by atoms with van der Waals surface area (Å²) < 4.78 is 27.7. The molecule has 0 amide bonds. The van der Waals surface area contributed by atoms with E-state index < -0.39 is 23.0 Å². The van der Waals surface area contributed by atoms with Gasteiger partial charge in [-0.3, -0.25) is 0 Å². The molecule has 0 radical (unpaired) electrons. The third-order valence-electron chi connectivity index (χ3n) is 0.932. The number of halogens is 3. The van der Waals surface area contributed by atoms with Gasteiger partial charge < -0.3 is 4.74 Å². The molecule has 0 bridgehead atoms. The topological polar surface area (TPSA) is 50.1 Å². The lowest BCUT2D eigenvalue weighted by atomic mass is 10.3. The van der Waals surface area contributed by atoms with Crippen molar-refractivity contribution < 1.29 is 18.3 Å². The molecule has 0 heterocycles.